The molecule has 2 atom stereocenters. The largest absolute Gasteiger partial charge is 0.355 e. The summed E-state index contributed by atoms with van der Waals surface area (Å²) in [5.41, 5.74) is 0. The van der Waals surface area contributed by atoms with Crippen molar-refractivity contribution in [1.29, 1.82) is 0 Å². The molecule has 10 nitrogen and oxygen atoms in total. The number of hydrogen-bond acceptors (Lipinski definition) is 7. The molecule has 29 heavy (non-hydrogen) atoms. The Balaban J connectivity index is 1.56. The van der Waals surface area contributed by atoms with E-state index in [9.17, 15) is 24.0 Å². The minimum atomic E-state index is -0.771. The summed E-state index contributed by atoms with van der Waals surface area (Å²) in [6.45, 7) is 4.80. The SMILES string of the molecule is CC1CCCC(C)N1CC(=O)[15NH]CCC(=O)[15NH]CCC(=O)ON1C(=O)CCC1=O. The van der Waals surface area contributed by atoms with Crippen LogP contribution in [0.4, 0.5) is 0 Å². The van der Waals surface area contributed by atoms with Gasteiger partial charge in [0.05, 0.1) is 13.0 Å². The van der Waals surface area contributed by atoms with Gasteiger partial charge in [-0.1, -0.05) is 6.42 Å². The van der Waals surface area contributed by atoms with Crippen molar-refractivity contribution in [2.24, 2.45) is 0 Å². The lowest BCUT2D eigenvalue weighted by atomic mass is 9.98. The van der Waals surface area contributed by atoms with Gasteiger partial charge in [-0.05, 0) is 26.7 Å². The summed E-state index contributed by atoms with van der Waals surface area (Å²) < 4.78 is 0. The normalized spacial score (nSPS) is 22.5. The van der Waals surface area contributed by atoms with E-state index in [4.69, 9.17) is 4.84 Å². The smallest absolute Gasteiger partial charge is 0.334 e. The fraction of sp³-hybridized carbons (Fsp3) is 0.737. The van der Waals surface area contributed by atoms with E-state index in [1.807, 2.05) is 0 Å². The number of imide groups is 1. The van der Waals surface area contributed by atoms with Crippen molar-refractivity contribution in [3.8, 4) is 0 Å². The maximum atomic E-state index is 12.1. The van der Waals surface area contributed by atoms with E-state index in [-0.39, 0.29) is 50.6 Å². The van der Waals surface area contributed by atoms with Crippen molar-refractivity contribution in [3.63, 3.8) is 0 Å². The summed E-state index contributed by atoms with van der Waals surface area (Å²) in [5.74, 6) is -2.28. The molecule has 0 aromatic rings. The number of piperidine rings is 1. The summed E-state index contributed by atoms with van der Waals surface area (Å²) in [6.07, 6.45) is 3.34. The summed E-state index contributed by atoms with van der Waals surface area (Å²) in [7, 11) is 0. The third-order valence-corrected chi connectivity index (χ3v) is 5.23. The van der Waals surface area contributed by atoms with Crippen LogP contribution in [0.5, 0.6) is 0 Å². The highest BCUT2D eigenvalue weighted by Crippen LogP contribution is 2.21. The van der Waals surface area contributed by atoms with Crippen molar-refractivity contribution < 1.29 is 28.8 Å². The van der Waals surface area contributed by atoms with Gasteiger partial charge in [0.1, 0.15) is 0 Å². The van der Waals surface area contributed by atoms with Gasteiger partial charge < -0.3 is 15.5 Å². The second-order valence-corrected chi connectivity index (χ2v) is 7.55. The number of hydrogen-bond donors (Lipinski definition) is 2. The van der Waals surface area contributed by atoms with Gasteiger partial charge in [-0.15, -0.1) is 5.06 Å². The molecule has 2 fully saturated rings. The molecule has 162 valence electrons. The van der Waals surface area contributed by atoms with E-state index in [1.54, 1.807) is 0 Å². The van der Waals surface area contributed by atoms with Crippen molar-refractivity contribution in [2.75, 3.05) is 19.6 Å². The first-order valence-electron chi connectivity index (χ1n) is 10.1. The second kappa shape index (κ2) is 10.9. The first-order chi connectivity index (χ1) is 13.8. The van der Waals surface area contributed by atoms with Crippen LogP contribution < -0.4 is 10.6 Å². The molecule has 0 aliphatic carbocycles. The van der Waals surface area contributed by atoms with Gasteiger partial charge in [0.15, 0.2) is 0 Å². The third kappa shape index (κ3) is 7.12. The maximum absolute atomic E-state index is 12.1. The van der Waals surface area contributed by atoms with Crippen molar-refractivity contribution in [3.05, 3.63) is 0 Å². The van der Waals surface area contributed by atoms with Gasteiger partial charge in [0.25, 0.3) is 11.8 Å². The predicted octanol–water partition coefficient (Wildman–Crippen LogP) is -0.131. The van der Waals surface area contributed by atoms with Crippen LogP contribution in [-0.2, 0) is 28.8 Å². The average molecular weight is 412 g/mol. The second-order valence-electron chi connectivity index (χ2n) is 7.55. The molecule has 0 aromatic carbocycles. The number of amides is 4. The Morgan fingerprint density at radius 1 is 0.931 bits per heavy atom. The number of nitrogens with zero attached hydrogens (tertiary/aromatic N) is 2. The van der Waals surface area contributed by atoms with Crippen LogP contribution >= 0.6 is 0 Å². The zero-order chi connectivity index (χ0) is 21.4. The number of nitrogens with one attached hydrogen (secondary N) is 2. The van der Waals surface area contributed by atoms with E-state index in [0.29, 0.717) is 23.7 Å². The van der Waals surface area contributed by atoms with Crippen molar-refractivity contribution in [2.45, 2.75) is 70.9 Å². The third-order valence-electron chi connectivity index (χ3n) is 5.23. The lowest BCUT2D eigenvalue weighted by molar-refractivity contribution is -0.197. The molecular formula is C19H30N4O6. The molecule has 0 saturated carbocycles. The molecule has 2 aliphatic heterocycles. The van der Waals surface area contributed by atoms with E-state index in [1.165, 1.54) is 6.42 Å². The van der Waals surface area contributed by atoms with Crippen LogP contribution in [0, 0.1) is 0 Å². The fourth-order valence-electron chi connectivity index (χ4n) is 3.52. The van der Waals surface area contributed by atoms with Gasteiger partial charge in [0.2, 0.25) is 11.8 Å². The van der Waals surface area contributed by atoms with Gasteiger partial charge in [0, 0.05) is 44.4 Å². The Morgan fingerprint density at radius 3 is 2.10 bits per heavy atom. The average Bonchev–Trinajstić information content (AvgIpc) is 2.97. The zero-order valence-corrected chi connectivity index (χ0v) is 17.1. The first kappa shape index (κ1) is 22.8. The molecular weight excluding hydrogens is 382 g/mol. The van der Waals surface area contributed by atoms with E-state index < -0.39 is 17.8 Å². The highest BCUT2D eigenvalue weighted by atomic mass is 16.7. The van der Waals surface area contributed by atoms with Crippen molar-refractivity contribution >= 4 is 29.6 Å². The van der Waals surface area contributed by atoms with E-state index in [2.05, 4.69) is 29.4 Å². The number of hydroxylamine groups is 2. The molecule has 2 saturated heterocycles. The predicted molar refractivity (Wildman–Crippen MR) is 102 cm³/mol. The highest BCUT2D eigenvalue weighted by molar-refractivity contribution is 6.01. The van der Waals surface area contributed by atoms with Gasteiger partial charge in [-0.2, -0.15) is 0 Å². The molecule has 4 amide bonds. The lowest BCUT2D eigenvalue weighted by Crippen LogP contribution is -2.49. The highest BCUT2D eigenvalue weighted by Gasteiger charge is 2.32. The molecule has 2 N–H and O–H groups in total. The Kier molecular flexibility index (Phi) is 8.56. The van der Waals surface area contributed by atoms with Crippen LogP contribution in [-0.4, -0.2) is 71.3 Å². The van der Waals surface area contributed by atoms with E-state index in [0.717, 1.165) is 12.8 Å². The molecule has 2 rings (SSSR count). The summed E-state index contributed by atoms with van der Waals surface area (Å²) >= 11 is 0. The summed E-state index contributed by atoms with van der Waals surface area (Å²) in [5, 5.41) is 5.76. The lowest BCUT2D eigenvalue weighted by Gasteiger charge is -2.38. The van der Waals surface area contributed by atoms with Crippen molar-refractivity contribution in [1.82, 2.24) is 20.6 Å². The summed E-state index contributed by atoms with van der Waals surface area (Å²) in [6, 6.07) is 0.748. The van der Waals surface area contributed by atoms with Crippen LogP contribution in [0.25, 0.3) is 0 Å². The van der Waals surface area contributed by atoms with Crippen LogP contribution in [0.15, 0.2) is 0 Å². The molecule has 10 heteroatoms. The minimum Gasteiger partial charge on any atom is -0.355 e. The maximum Gasteiger partial charge on any atom is 0.334 e. The standard InChI is InChI=1S/C19H30N4O6/c1-13-4-3-5-14(2)22(13)12-16(25)21-10-8-15(24)20-11-9-19(28)29-23-17(26)6-7-18(23)27/h13-14H,3-12H2,1-2H3,(H,20,24)(H,21,25)/i20+1,21+1. The van der Waals surface area contributed by atoms with Crippen LogP contribution in [0.1, 0.15) is 58.8 Å². The summed E-state index contributed by atoms with van der Waals surface area (Å²) in [4.78, 5) is 65.1. The molecule has 0 radical (unpaired) electrons. The Morgan fingerprint density at radius 2 is 1.48 bits per heavy atom. The quantitative estimate of drug-likeness (QED) is 0.399. The Hall–Kier alpha value is -2.49. The van der Waals surface area contributed by atoms with E-state index >= 15 is 0 Å². The number of carbonyl (C=O) groups excluding carboxylic acids is 5. The molecule has 2 aliphatic rings. The molecule has 2 heterocycles. The molecule has 0 bridgehead atoms. The molecule has 2 unspecified atom stereocenters. The number of rotatable bonds is 9. The Bertz CT molecular complexity index is 627. The molecule has 0 aromatic heterocycles. The fourth-order valence-corrected chi connectivity index (χ4v) is 3.52. The van der Waals surface area contributed by atoms with Gasteiger partial charge in [-0.3, -0.25) is 24.1 Å². The van der Waals surface area contributed by atoms with Gasteiger partial charge >= 0.3 is 5.97 Å². The monoisotopic (exact) mass is 412 g/mol. The number of likely N-dealkylation sites (tertiary alicyclic amines) is 1. The van der Waals surface area contributed by atoms with Crippen LogP contribution in [0.2, 0.25) is 0 Å². The van der Waals surface area contributed by atoms with Crippen LogP contribution in [0.3, 0.4) is 0 Å². The first-order valence-corrected chi connectivity index (χ1v) is 10.1. The number of carbonyl (C=O) groups is 5. The van der Waals surface area contributed by atoms with Gasteiger partial charge in [-0.25, -0.2) is 4.79 Å². The topological polar surface area (TPSA) is 125 Å². The minimum absolute atomic E-state index is 0.0185. The Labute approximate surface area is 170 Å². The zero-order valence-electron chi connectivity index (χ0n) is 17.1. The molecule has 0 spiro atoms.